The van der Waals surface area contributed by atoms with Gasteiger partial charge in [0.25, 0.3) is 0 Å². The number of morpholine rings is 1. The number of hydrogen-bond donors (Lipinski definition) is 3. The number of anilines is 1. The molecule has 1 fully saturated rings. The lowest BCUT2D eigenvalue weighted by Gasteiger charge is -2.26. The van der Waals surface area contributed by atoms with Crippen molar-refractivity contribution in [2.45, 2.75) is 6.54 Å². The number of thiazole rings is 1. The van der Waals surface area contributed by atoms with Gasteiger partial charge in [-0.15, -0.1) is 11.3 Å². The third-order valence-corrected chi connectivity index (χ3v) is 5.21. The van der Waals surface area contributed by atoms with Gasteiger partial charge in [0.2, 0.25) is 0 Å². The van der Waals surface area contributed by atoms with Crippen LogP contribution in [-0.2, 0) is 15.8 Å². The standard InChI is InChI=1S/C12H16N3O5PS/c13-12-14-10(11-8(1-4-20-11)21(16,17)18)9(22-12)7-15-2-5-19-6-3-15/h1,4H,2-3,5-7H2,(H2,13,14)(H2,16,17,18). The van der Waals surface area contributed by atoms with E-state index in [0.29, 0.717) is 30.6 Å². The largest absolute Gasteiger partial charge is 0.462 e. The van der Waals surface area contributed by atoms with Gasteiger partial charge in [0.15, 0.2) is 10.9 Å². The number of hydrogen-bond acceptors (Lipinski definition) is 7. The molecule has 0 radical (unpaired) electrons. The van der Waals surface area contributed by atoms with Crippen molar-refractivity contribution in [1.82, 2.24) is 9.88 Å². The third kappa shape index (κ3) is 3.24. The number of aromatic nitrogens is 1. The van der Waals surface area contributed by atoms with E-state index in [1.54, 1.807) is 0 Å². The molecule has 2 aromatic rings. The third-order valence-electron chi connectivity index (χ3n) is 3.36. The first-order valence-electron chi connectivity index (χ1n) is 6.64. The summed E-state index contributed by atoms with van der Waals surface area (Å²) in [5.41, 5.74) is 6.18. The summed E-state index contributed by atoms with van der Waals surface area (Å²) in [4.78, 5) is 26.0. The van der Waals surface area contributed by atoms with Crippen molar-refractivity contribution in [3.05, 3.63) is 17.2 Å². The lowest BCUT2D eigenvalue weighted by atomic mass is 10.2. The number of nitrogens with two attached hydrogens (primary N) is 1. The van der Waals surface area contributed by atoms with Crippen LogP contribution in [0.3, 0.4) is 0 Å². The van der Waals surface area contributed by atoms with Gasteiger partial charge in [0.1, 0.15) is 11.0 Å². The molecule has 0 bridgehead atoms. The molecule has 10 heteroatoms. The van der Waals surface area contributed by atoms with Crippen LogP contribution in [0, 0.1) is 0 Å². The SMILES string of the molecule is Nc1nc(-c2occc2P(=O)(O)O)c(CN2CCOCC2)s1. The predicted molar refractivity (Wildman–Crippen MR) is 82.0 cm³/mol. The van der Waals surface area contributed by atoms with Gasteiger partial charge in [-0.1, -0.05) is 0 Å². The van der Waals surface area contributed by atoms with Gasteiger partial charge in [-0.3, -0.25) is 9.46 Å². The van der Waals surface area contributed by atoms with E-state index in [2.05, 4.69) is 9.88 Å². The van der Waals surface area contributed by atoms with Crippen molar-refractivity contribution in [1.29, 1.82) is 0 Å². The zero-order chi connectivity index (χ0) is 15.7. The van der Waals surface area contributed by atoms with Crippen LogP contribution in [0.25, 0.3) is 11.5 Å². The molecular formula is C12H16N3O5PS. The Balaban J connectivity index is 1.94. The topological polar surface area (TPSA) is 122 Å². The van der Waals surface area contributed by atoms with Crippen LogP contribution in [0.5, 0.6) is 0 Å². The molecule has 0 atom stereocenters. The summed E-state index contributed by atoms with van der Waals surface area (Å²) >= 11 is 1.30. The van der Waals surface area contributed by atoms with Crippen LogP contribution in [-0.4, -0.2) is 46.0 Å². The molecule has 1 saturated heterocycles. The normalized spacial score (nSPS) is 17.0. The molecule has 3 heterocycles. The van der Waals surface area contributed by atoms with E-state index < -0.39 is 7.60 Å². The highest BCUT2D eigenvalue weighted by Gasteiger charge is 2.29. The van der Waals surface area contributed by atoms with Crippen molar-refractivity contribution in [3.8, 4) is 11.5 Å². The molecule has 0 spiro atoms. The molecule has 8 nitrogen and oxygen atoms in total. The van der Waals surface area contributed by atoms with Crippen LogP contribution in [0.1, 0.15) is 4.88 Å². The number of ether oxygens (including phenoxy) is 1. The number of furan rings is 1. The Hall–Kier alpha value is -1.22. The fraction of sp³-hybridized carbons (Fsp3) is 0.417. The van der Waals surface area contributed by atoms with Gasteiger partial charge in [-0.05, 0) is 6.07 Å². The summed E-state index contributed by atoms with van der Waals surface area (Å²) in [5.74, 6) is 0.0875. The summed E-state index contributed by atoms with van der Waals surface area (Å²) in [5, 5.41) is 0.173. The molecule has 0 unspecified atom stereocenters. The molecule has 120 valence electrons. The number of nitrogens with zero attached hydrogens (tertiary/aromatic N) is 2. The average Bonchev–Trinajstić information content (AvgIpc) is 3.06. The maximum Gasteiger partial charge on any atom is 0.360 e. The Kier molecular flexibility index (Phi) is 4.35. The van der Waals surface area contributed by atoms with Crippen LogP contribution in [0.4, 0.5) is 5.13 Å². The maximum atomic E-state index is 11.5. The molecular weight excluding hydrogens is 329 g/mol. The van der Waals surface area contributed by atoms with Crippen molar-refractivity contribution in [3.63, 3.8) is 0 Å². The highest BCUT2D eigenvalue weighted by molar-refractivity contribution is 7.60. The van der Waals surface area contributed by atoms with E-state index in [1.807, 2.05) is 0 Å². The van der Waals surface area contributed by atoms with E-state index in [4.69, 9.17) is 14.9 Å². The Bertz CT molecular complexity index is 703. The van der Waals surface area contributed by atoms with Crippen LogP contribution in [0.2, 0.25) is 0 Å². The lowest BCUT2D eigenvalue weighted by Crippen LogP contribution is -2.35. The second kappa shape index (κ2) is 6.11. The molecule has 0 aromatic carbocycles. The molecule has 3 rings (SSSR count). The summed E-state index contributed by atoms with van der Waals surface area (Å²) in [6, 6.07) is 1.27. The second-order valence-electron chi connectivity index (χ2n) is 4.89. The first-order chi connectivity index (χ1) is 10.4. The molecule has 1 aliphatic rings. The van der Waals surface area contributed by atoms with E-state index in [0.717, 1.165) is 18.0 Å². The Labute approximate surface area is 130 Å². The van der Waals surface area contributed by atoms with Gasteiger partial charge in [0.05, 0.1) is 24.4 Å². The minimum Gasteiger partial charge on any atom is -0.462 e. The van der Waals surface area contributed by atoms with Crippen LogP contribution < -0.4 is 11.0 Å². The minimum atomic E-state index is -4.43. The van der Waals surface area contributed by atoms with Gasteiger partial charge in [-0.25, -0.2) is 4.98 Å². The van der Waals surface area contributed by atoms with E-state index in [1.165, 1.54) is 23.7 Å². The van der Waals surface area contributed by atoms with Gasteiger partial charge in [-0.2, -0.15) is 0 Å². The molecule has 0 amide bonds. The van der Waals surface area contributed by atoms with Gasteiger partial charge in [0, 0.05) is 19.6 Å². The molecule has 2 aromatic heterocycles. The Morgan fingerprint density at radius 2 is 2.14 bits per heavy atom. The second-order valence-corrected chi connectivity index (χ2v) is 7.58. The highest BCUT2D eigenvalue weighted by Crippen LogP contribution is 2.40. The summed E-state index contributed by atoms with van der Waals surface area (Å²) in [6.07, 6.45) is 1.25. The first kappa shape index (κ1) is 15.7. The van der Waals surface area contributed by atoms with E-state index in [-0.39, 0.29) is 11.1 Å². The minimum absolute atomic E-state index is 0.0875. The van der Waals surface area contributed by atoms with Gasteiger partial charge < -0.3 is 24.7 Å². The van der Waals surface area contributed by atoms with Crippen LogP contribution in [0.15, 0.2) is 16.7 Å². The van der Waals surface area contributed by atoms with Crippen molar-refractivity contribution < 1.29 is 23.5 Å². The fourth-order valence-electron chi connectivity index (χ4n) is 2.33. The van der Waals surface area contributed by atoms with Crippen molar-refractivity contribution >= 4 is 29.4 Å². The Morgan fingerprint density at radius 3 is 2.82 bits per heavy atom. The Morgan fingerprint density at radius 1 is 1.41 bits per heavy atom. The molecule has 4 N–H and O–H groups in total. The summed E-state index contributed by atoms with van der Waals surface area (Å²) in [7, 11) is -4.43. The van der Waals surface area contributed by atoms with E-state index >= 15 is 0 Å². The predicted octanol–water partition coefficient (Wildman–Crippen LogP) is 0.621. The number of rotatable bonds is 4. The molecule has 22 heavy (non-hydrogen) atoms. The van der Waals surface area contributed by atoms with Gasteiger partial charge >= 0.3 is 7.60 Å². The quantitative estimate of drug-likeness (QED) is 0.690. The number of nitrogen functional groups attached to an aromatic ring is 1. The summed E-state index contributed by atoms with van der Waals surface area (Å²) in [6.45, 7) is 3.51. The smallest absolute Gasteiger partial charge is 0.360 e. The zero-order valence-electron chi connectivity index (χ0n) is 11.6. The lowest BCUT2D eigenvalue weighted by molar-refractivity contribution is 0.0346. The average molecular weight is 345 g/mol. The molecule has 0 saturated carbocycles. The monoisotopic (exact) mass is 345 g/mol. The van der Waals surface area contributed by atoms with E-state index in [9.17, 15) is 14.4 Å². The highest BCUT2D eigenvalue weighted by atomic mass is 32.1. The van der Waals surface area contributed by atoms with Crippen LogP contribution >= 0.6 is 18.9 Å². The maximum absolute atomic E-state index is 11.5. The fourth-order valence-corrected chi connectivity index (χ4v) is 3.88. The molecule has 0 aliphatic carbocycles. The zero-order valence-corrected chi connectivity index (χ0v) is 13.3. The first-order valence-corrected chi connectivity index (χ1v) is 9.07. The van der Waals surface area contributed by atoms with Crippen molar-refractivity contribution in [2.75, 3.05) is 32.0 Å². The van der Waals surface area contributed by atoms with Crippen molar-refractivity contribution in [2.24, 2.45) is 0 Å². The molecule has 1 aliphatic heterocycles. The summed E-state index contributed by atoms with van der Waals surface area (Å²) < 4.78 is 22.1.